The second-order valence-electron chi connectivity index (χ2n) is 4.76. The van der Waals surface area contributed by atoms with Crippen molar-refractivity contribution >= 4 is 45.6 Å². The predicted octanol–water partition coefficient (Wildman–Crippen LogP) is 3.03. The molecule has 2 rings (SSSR count). The van der Waals surface area contributed by atoms with Crippen LogP contribution in [0.15, 0.2) is 34.1 Å². The summed E-state index contributed by atoms with van der Waals surface area (Å²) in [6.45, 7) is 2.85. The highest BCUT2D eigenvalue weighted by atomic mass is 79.9. The molecule has 8 heteroatoms. The monoisotopic (exact) mass is 419 g/mol. The third-order valence-corrected chi connectivity index (χ3v) is 4.23. The molecule has 5 nitrogen and oxygen atoms in total. The summed E-state index contributed by atoms with van der Waals surface area (Å²) < 4.78 is 6.70. The Kier molecular flexibility index (Phi) is 8.54. The van der Waals surface area contributed by atoms with Crippen molar-refractivity contribution < 1.29 is 9.53 Å². The Morgan fingerprint density at radius 3 is 3.00 bits per heavy atom. The first-order chi connectivity index (χ1) is 10.6. The third-order valence-electron chi connectivity index (χ3n) is 2.83. The fourth-order valence-corrected chi connectivity index (χ4v) is 2.97. The van der Waals surface area contributed by atoms with E-state index in [2.05, 4.69) is 26.2 Å². The van der Waals surface area contributed by atoms with Crippen LogP contribution in [-0.2, 0) is 6.42 Å². The molecule has 0 spiro atoms. The van der Waals surface area contributed by atoms with Gasteiger partial charge in [0.15, 0.2) is 0 Å². The SMILES string of the molecule is CC(CNC(=O)c1csc(CCN)n1)Oc1cccc(Br)c1.Cl. The highest BCUT2D eigenvalue weighted by Gasteiger charge is 2.12. The van der Waals surface area contributed by atoms with Crippen molar-refractivity contribution in [3.8, 4) is 5.75 Å². The first kappa shape index (κ1) is 19.9. The summed E-state index contributed by atoms with van der Waals surface area (Å²) in [6.07, 6.45) is 0.556. The average Bonchev–Trinajstić information content (AvgIpc) is 2.94. The average molecular weight is 421 g/mol. The smallest absolute Gasteiger partial charge is 0.270 e. The second-order valence-corrected chi connectivity index (χ2v) is 6.62. The van der Waals surface area contributed by atoms with E-state index in [1.54, 1.807) is 5.38 Å². The van der Waals surface area contributed by atoms with Crippen molar-refractivity contribution in [2.75, 3.05) is 13.1 Å². The maximum atomic E-state index is 12.0. The molecule has 0 radical (unpaired) electrons. The minimum atomic E-state index is -0.191. The number of nitrogens with two attached hydrogens (primary N) is 1. The Bertz CT molecular complexity index is 639. The molecule has 0 aliphatic carbocycles. The largest absolute Gasteiger partial charge is 0.489 e. The maximum Gasteiger partial charge on any atom is 0.270 e. The lowest BCUT2D eigenvalue weighted by atomic mass is 10.3. The fourth-order valence-electron chi connectivity index (χ4n) is 1.79. The van der Waals surface area contributed by atoms with Crippen molar-refractivity contribution in [1.82, 2.24) is 10.3 Å². The molecule has 1 aromatic carbocycles. The van der Waals surface area contributed by atoms with Crippen LogP contribution in [0.1, 0.15) is 22.4 Å². The lowest BCUT2D eigenvalue weighted by Crippen LogP contribution is -2.33. The fraction of sp³-hybridized carbons (Fsp3) is 0.333. The molecule has 3 N–H and O–H groups in total. The number of carbonyl (C=O) groups is 1. The van der Waals surface area contributed by atoms with E-state index in [1.165, 1.54) is 11.3 Å². The molecule has 1 heterocycles. The Hall–Kier alpha value is -1.15. The number of nitrogens with one attached hydrogen (secondary N) is 1. The number of ether oxygens (including phenoxy) is 1. The van der Waals surface area contributed by atoms with Gasteiger partial charge in [0.25, 0.3) is 5.91 Å². The van der Waals surface area contributed by atoms with Gasteiger partial charge in [0, 0.05) is 16.3 Å². The number of benzene rings is 1. The Morgan fingerprint density at radius 2 is 2.30 bits per heavy atom. The third kappa shape index (κ3) is 6.47. The van der Waals surface area contributed by atoms with Crippen LogP contribution >= 0.6 is 39.7 Å². The van der Waals surface area contributed by atoms with Crippen molar-refractivity contribution in [2.24, 2.45) is 5.73 Å². The van der Waals surface area contributed by atoms with Gasteiger partial charge in [-0.3, -0.25) is 4.79 Å². The van der Waals surface area contributed by atoms with Gasteiger partial charge in [-0.25, -0.2) is 4.98 Å². The first-order valence-electron chi connectivity index (χ1n) is 6.93. The summed E-state index contributed by atoms with van der Waals surface area (Å²) in [7, 11) is 0. The zero-order valence-electron chi connectivity index (χ0n) is 12.6. The van der Waals surface area contributed by atoms with Gasteiger partial charge >= 0.3 is 0 Å². The van der Waals surface area contributed by atoms with E-state index < -0.39 is 0 Å². The molecule has 0 saturated heterocycles. The number of nitrogens with zero attached hydrogens (tertiary/aromatic N) is 1. The normalized spacial score (nSPS) is 11.4. The van der Waals surface area contributed by atoms with E-state index in [0.29, 0.717) is 25.2 Å². The standard InChI is InChI=1S/C15H18BrN3O2S.ClH/c1-10(21-12-4-2-3-11(16)7-12)8-18-15(20)13-9-22-14(19-13)5-6-17;/h2-4,7,9-10H,5-6,8,17H2,1H3,(H,18,20);1H. The van der Waals surface area contributed by atoms with Crippen LogP contribution < -0.4 is 15.8 Å². The topological polar surface area (TPSA) is 77.2 Å². The Balaban J connectivity index is 0.00000264. The molecule has 1 amide bonds. The summed E-state index contributed by atoms with van der Waals surface area (Å²) in [6, 6.07) is 7.60. The lowest BCUT2D eigenvalue weighted by Gasteiger charge is -2.15. The van der Waals surface area contributed by atoms with Crippen molar-refractivity contribution in [3.63, 3.8) is 0 Å². The molecule has 0 saturated carbocycles. The number of aromatic nitrogens is 1. The Labute approximate surface area is 154 Å². The quantitative estimate of drug-likeness (QED) is 0.722. The van der Waals surface area contributed by atoms with E-state index >= 15 is 0 Å². The lowest BCUT2D eigenvalue weighted by molar-refractivity contribution is 0.0927. The van der Waals surface area contributed by atoms with Gasteiger partial charge in [0.05, 0.1) is 11.6 Å². The molecule has 23 heavy (non-hydrogen) atoms. The second kappa shape index (κ2) is 9.87. The molecule has 126 valence electrons. The summed E-state index contributed by atoms with van der Waals surface area (Å²) >= 11 is 4.85. The van der Waals surface area contributed by atoms with Crippen LogP contribution in [-0.4, -0.2) is 30.1 Å². The minimum absolute atomic E-state index is 0. The van der Waals surface area contributed by atoms with E-state index in [4.69, 9.17) is 10.5 Å². The highest BCUT2D eigenvalue weighted by molar-refractivity contribution is 9.10. The number of rotatable bonds is 7. The van der Waals surface area contributed by atoms with Crippen LogP contribution in [0.5, 0.6) is 5.75 Å². The van der Waals surface area contributed by atoms with Crippen molar-refractivity contribution in [3.05, 3.63) is 44.8 Å². The van der Waals surface area contributed by atoms with Crippen molar-refractivity contribution in [1.29, 1.82) is 0 Å². The van der Waals surface area contributed by atoms with E-state index in [9.17, 15) is 4.79 Å². The van der Waals surface area contributed by atoms with E-state index in [1.807, 2.05) is 31.2 Å². The van der Waals surface area contributed by atoms with Crippen LogP contribution in [0.25, 0.3) is 0 Å². The summed E-state index contributed by atoms with van der Waals surface area (Å²) in [5.41, 5.74) is 5.91. The van der Waals surface area contributed by atoms with Crippen LogP contribution in [0, 0.1) is 0 Å². The summed E-state index contributed by atoms with van der Waals surface area (Å²) in [5, 5.41) is 5.46. The first-order valence-corrected chi connectivity index (χ1v) is 8.60. The molecule has 0 bridgehead atoms. The minimum Gasteiger partial charge on any atom is -0.489 e. The number of carbonyl (C=O) groups excluding carboxylic acids is 1. The van der Waals surface area contributed by atoms with Gasteiger partial charge < -0.3 is 15.8 Å². The Morgan fingerprint density at radius 1 is 1.52 bits per heavy atom. The molecule has 0 aliphatic rings. The number of thiazole rings is 1. The van der Waals surface area contributed by atoms with Crippen LogP contribution in [0.3, 0.4) is 0 Å². The van der Waals surface area contributed by atoms with Gasteiger partial charge in [-0.1, -0.05) is 22.0 Å². The molecule has 1 unspecified atom stereocenters. The van der Waals surface area contributed by atoms with Gasteiger partial charge in [-0.05, 0) is 31.7 Å². The van der Waals surface area contributed by atoms with E-state index in [0.717, 1.165) is 15.2 Å². The number of amides is 1. The zero-order valence-corrected chi connectivity index (χ0v) is 15.8. The number of hydrogen-bond acceptors (Lipinski definition) is 5. The maximum absolute atomic E-state index is 12.0. The molecule has 1 atom stereocenters. The van der Waals surface area contributed by atoms with Crippen molar-refractivity contribution in [2.45, 2.75) is 19.4 Å². The predicted molar refractivity (Wildman–Crippen MR) is 98.7 cm³/mol. The molecule has 1 aromatic heterocycles. The summed E-state index contributed by atoms with van der Waals surface area (Å²) in [5.74, 6) is 0.569. The van der Waals surface area contributed by atoms with Gasteiger partial charge in [-0.2, -0.15) is 0 Å². The van der Waals surface area contributed by atoms with Crippen LogP contribution in [0.2, 0.25) is 0 Å². The molecule has 0 fully saturated rings. The molecule has 2 aromatic rings. The van der Waals surface area contributed by atoms with Gasteiger partial charge in [0.2, 0.25) is 0 Å². The van der Waals surface area contributed by atoms with Crippen LogP contribution in [0.4, 0.5) is 0 Å². The number of hydrogen-bond donors (Lipinski definition) is 2. The molecular formula is C15H19BrClN3O2S. The van der Waals surface area contributed by atoms with E-state index in [-0.39, 0.29) is 24.4 Å². The number of halogens is 2. The zero-order chi connectivity index (χ0) is 15.9. The van der Waals surface area contributed by atoms with Gasteiger partial charge in [0.1, 0.15) is 17.5 Å². The van der Waals surface area contributed by atoms with Gasteiger partial charge in [-0.15, -0.1) is 23.7 Å². The summed E-state index contributed by atoms with van der Waals surface area (Å²) in [4.78, 5) is 16.3. The highest BCUT2D eigenvalue weighted by Crippen LogP contribution is 2.18. The molecule has 0 aliphatic heterocycles. The molecular weight excluding hydrogens is 402 g/mol.